The van der Waals surface area contributed by atoms with Crippen molar-refractivity contribution in [2.75, 3.05) is 28.6 Å². The van der Waals surface area contributed by atoms with Gasteiger partial charge in [0.05, 0.1) is 17.3 Å². The summed E-state index contributed by atoms with van der Waals surface area (Å²) < 4.78 is 0. The van der Waals surface area contributed by atoms with Gasteiger partial charge < -0.3 is 15.5 Å². The van der Waals surface area contributed by atoms with Gasteiger partial charge in [-0.1, -0.05) is 12.1 Å². The molecule has 2 N–H and O–H groups in total. The second-order valence-electron chi connectivity index (χ2n) is 6.79. The summed E-state index contributed by atoms with van der Waals surface area (Å²) in [7, 11) is 0. The van der Waals surface area contributed by atoms with Crippen molar-refractivity contribution < 1.29 is 4.79 Å². The number of hydrogen-bond acceptors (Lipinski definition) is 5. The highest BCUT2D eigenvalue weighted by Crippen LogP contribution is 2.24. The summed E-state index contributed by atoms with van der Waals surface area (Å²) in [4.78, 5) is 23.6. The van der Waals surface area contributed by atoms with E-state index >= 15 is 0 Å². The predicted octanol–water partition coefficient (Wildman–Crippen LogP) is 4.26. The molecule has 1 fully saturated rings. The van der Waals surface area contributed by atoms with Gasteiger partial charge in [-0.2, -0.15) is 5.26 Å². The van der Waals surface area contributed by atoms with Crippen LogP contribution < -0.4 is 15.5 Å². The average molecular weight is 384 g/mol. The molecule has 0 spiro atoms. The Hall–Kier alpha value is -3.92. The highest BCUT2D eigenvalue weighted by Gasteiger charge is 2.15. The summed E-state index contributed by atoms with van der Waals surface area (Å²) in [5.74, 6) is 0.747. The second kappa shape index (κ2) is 8.40. The maximum absolute atomic E-state index is 12.3. The van der Waals surface area contributed by atoms with Crippen LogP contribution in [0.2, 0.25) is 0 Å². The molecule has 0 aliphatic carbocycles. The molecule has 7 heteroatoms. The molecule has 2 amide bonds. The molecule has 7 nitrogen and oxygen atoms in total. The first-order valence-corrected chi connectivity index (χ1v) is 9.48. The Labute approximate surface area is 169 Å². The summed E-state index contributed by atoms with van der Waals surface area (Å²) in [6, 6.07) is 17.8. The third kappa shape index (κ3) is 4.50. The monoisotopic (exact) mass is 384 g/mol. The molecule has 0 saturated carbocycles. The minimum atomic E-state index is -0.354. The van der Waals surface area contributed by atoms with Gasteiger partial charge in [-0.3, -0.25) is 0 Å². The van der Waals surface area contributed by atoms with Gasteiger partial charge in [0.2, 0.25) is 5.95 Å². The average Bonchev–Trinajstić information content (AvgIpc) is 3.30. The summed E-state index contributed by atoms with van der Waals surface area (Å²) in [5, 5.41) is 14.4. The van der Waals surface area contributed by atoms with E-state index in [-0.39, 0.29) is 6.03 Å². The summed E-state index contributed by atoms with van der Waals surface area (Å²) >= 11 is 0. The van der Waals surface area contributed by atoms with Crippen LogP contribution in [-0.2, 0) is 0 Å². The zero-order chi connectivity index (χ0) is 20.1. The van der Waals surface area contributed by atoms with E-state index in [1.165, 1.54) is 12.8 Å². The van der Waals surface area contributed by atoms with Gasteiger partial charge in [0.25, 0.3) is 0 Å². The van der Waals surface area contributed by atoms with Gasteiger partial charge in [-0.05, 0) is 55.3 Å². The lowest BCUT2D eigenvalue weighted by Gasteiger charge is -2.15. The lowest BCUT2D eigenvalue weighted by Crippen LogP contribution is -2.20. The van der Waals surface area contributed by atoms with Gasteiger partial charge >= 0.3 is 6.03 Å². The second-order valence-corrected chi connectivity index (χ2v) is 6.79. The lowest BCUT2D eigenvalue weighted by molar-refractivity contribution is 0.262. The third-order valence-corrected chi connectivity index (χ3v) is 4.72. The van der Waals surface area contributed by atoms with Gasteiger partial charge in [-0.25, -0.2) is 14.8 Å². The fourth-order valence-corrected chi connectivity index (χ4v) is 3.26. The maximum Gasteiger partial charge on any atom is 0.323 e. The zero-order valence-electron chi connectivity index (χ0n) is 15.8. The number of carbonyl (C=O) groups is 1. The van der Waals surface area contributed by atoms with E-state index in [2.05, 4.69) is 25.5 Å². The largest absolute Gasteiger partial charge is 0.341 e. The molecule has 0 atom stereocenters. The molecule has 4 rings (SSSR count). The van der Waals surface area contributed by atoms with Crippen molar-refractivity contribution in [2.24, 2.45) is 0 Å². The van der Waals surface area contributed by atoms with Crippen LogP contribution in [0.3, 0.4) is 0 Å². The molecule has 0 bridgehead atoms. The van der Waals surface area contributed by atoms with Crippen LogP contribution in [0, 0.1) is 11.3 Å². The number of nitrogens with one attached hydrogen (secondary N) is 2. The van der Waals surface area contributed by atoms with Crippen LogP contribution >= 0.6 is 0 Å². The van der Waals surface area contributed by atoms with Crippen LogP contribution in [0.4, 0.5) is 22.1 Å². The Morgan fingerprint density at radius 1 is 1.00 bits per heavy atom. The molecule has 1 aromatic heterocycles. The number of nitriles is 1. The summed E-state index contributed by atoms with van der Waals surface area (Å²) in [5.41, 5.74) is 3.54. The number of amides is 2. The number of hydrogen-bond donors (Lipinski definition) is 2. The minimum Gasteiger partial charge on any atom is -0.341 e. The van der Waals surface area contributed by atoms with Crippen LogP contribution in [0.5, 0.6) is 0 Å². The molecule has 1 aliphatic rings. The fourth-order valence-electron chi connectivity index (χ4n) is 3.26. The molecule has 3 aromatic rings. The van der Waals surface area contributed by atoms with Gasteiger partial charge in [0.15, 0.2) is 0 Å². The molecular weight excluding hydrogens is 364 g/mol. The van der Waals surface area contributed by atoms with E-state index in [4.69, 9.17) is 5.26 Å². The highest BCUT2D eigenvalue weighted by molar-refractivity contribution is 6.00. The smallest absolute Gasteiger partial charge is 0.323 e. The summed E-state index contributed by atoms with van der Waals surface area (Å²) in [6.07, 6.45) is 4.11. The topological polar surface area (TPSA) is 93.9 Å². The van der Waals surface area contributed by atoms with Crippen LogP contribution in [-0.4, -0.2) is 29.1 Å². The van der Waals surface area contributed by atoms with Gasteiger partial charge in [0.1, 0.15) is 0 Å². The molecule has 2 heterocycles. The molecule has 2 aromatic carbocycles. The first-order chi connectivity index (χ1) is 14.2. The van der Waals surface area contributed by atoms with Crippen LogP contribution in [0.25, 0.3) is 11.3 Å². The molecule has 0 unspecified atom stereocenters. The van der Waals surface area contributed by atoms with Crippen molar-refractivity contribution in [1.29, 1.82) is 5.26 Å². The fraction of sp³-hybridized carbons (Fsp3) is 0.182. The number of nitrogens with zero attached hydrogens (tertiary/aromatic N) is 4. The predicted molar refractivity (Wildman–Crippen MR) is 113 cm³/mol. The molecule has 144 valence electrons. The van der Waals surface area contributed by atoms with E-state index in [1.807, 2.05) is 36.4 Å². The molecule has 0 radical (unpaired) electrons. The van der Waals surface area contributed by atoms with E-state index < -0.39 is 0 Å². The highest BCUT2D eigenvalue weighted by atomic mass is 16.2. The van der Waals surface area contributed by atoms with Crippen LogP contribution in [0.1, 0.15) is 18.4 Å². The van der Waals surface area contributed by atoms with Crippen molar-refractivity contribution in [3.05, 3.63) is 66.4 Å². The Morgan fingerprint density at radius 3 is 2.52 bits per heavy atom. The maximum atomic E-state index is 12.3. The number of anilines is 3. The standard InChI is InChI=1S/C22H20N6O/c23-15-16-6-8-18(9-7-16)25-22(29)26-19-5-3-4-17(14-19)20-10-11-24-21(27-20)28-12-1-2-13-28/h3-11,14H,1-2,12-13H2,(H2,25,26,29). The number of benzene rings is 2. The Morgan fingerprint density at radius 2 is 1.76 bits per heavy atom. The number of urea groups is 1. The van der Waals surface area contributed by atoms with Crippen molar-refractivity contribution in [3.63, 3.8) is 0 Å². The number of rotatable bonds is 4. The lowest BCUT2D eigenvalue weighted by atomic mass is 10.1. The van der Waals surface area contributed by atoms with Crippen LogP contribution in [0.15, 0.2) is 60.8 Å². The van der Waals surface area contributed by atoms with E-state index in [0.717, 1.165) is 30.3 Å². The SMILES string of the molecule is N#Cc1ccc(NC(=O)Nc2cccc(-c3ccnc(N4CCCC4)n3)c2)cc1. The Balaban J connectivity index is 1.46. The van der Waals surface area contributed by atoms with E-state index in [9.17, 15) is 4.79 Å². The Bertz CT molecular complexity index is 1050. The number of carbonyl (C=O) groups excluding carboxylic acids is 1. The number of aromatic nitrogens is 2. The molecule has 1 aliphatic heterocycles. The molecule has 1 saturated heterocycles. The first kappa shape index (κ1) is 18.4. The molecular formula is C22H20N6O. The van der Waals surface area contributed by atoms with E-state index in [1.54, 1.807) is 30.5 Å². The van der Waals surface area contributed by atoms with Gasteiger partial charge in [-0.15, -0.1) is 0 Å². The summed E-state index contributed by atoms with van der Waals surface area (Å²) in [6.45, 7) is 1.97. The Kier molecular flexibility index (Phi) is 5.34. The zero-order valence-corrected chi connectivity index (χ0v) is 15.8. The quantitative estimate of drug-likeness (QED) is 0.701. The van der Waals surface area contributed by atoms with E-state index in [0.29, 0.717) is 16.9 Å². The van der Waals surface area contributed by atoms with Crippen molar-refractivity contribution in [3.8, 4) is 17.3 Å². The normalized spacial score (nSPS) is 13.0. The van der Waals surface area contributed by atoms with Crippen molar-refractivity contribution in [1.82, 2.24) is 9.97 Å². The van der Waals surface area contributed by atoms with Gasteiger partial charge in [0, 0.05) is 36.2 Å². The third-order valence-electron chi connectivity index (χ3n) is 4.72. The molecule has 29 heavy (non-hydrogen) atoms. The van der Waals surface area contributed by atoms with Crippen molar-refractivity contribution >= 4 is 23.4 Å². The minimum absolute atomic E-state index is 0.354. The first-order valence-electron chi connectivity index (χ1n) is 9.48. The van der Waals surface area contributed by atoms with Crippen molar-refractivity contribution in [2.45, 2.75) is 12.8 Å².